The van der Waals surface area contributed by atoms with E-state index in [9.17, 15) is 9.59 Å². The lowest BCUT2D eigenvalue weighted by atomic mass is 9.88. The number of anilines is 1. The maximum Gasteiger partial charge on any atom is 0.319 e. The van der Waals surface area contributed by atoms with Gasteiger partial charge in [0.15, 0.2) is 0 Å². The molecule has 0 unspecified atom stereocenters. The van der Waals surface area contributed by atoms with Gasteiger partial charge in [-0.25, -0.2) is 4.79 Å². The zero-order valence-electron chi connectivity index (χ0n) is 14.3. The third-order valence-corrected chi connectivity index (χ3v) is 4.58. The molecule has 2 aromatic carbocycles. The van der Waals surface area contributed by atoms with Crippen molar-refractivity contribution in [3.8, 4) is 0 Å². The Morgan fingerprint density at radius 3 is 2.56 bits per heavy atom. The molecule has 0 spiro atoms. The minimum Gasteiger partial charge on any atom is -0.359 e. The Morgan fingerprint density at radius 1 is 1.04 bits per heavy atom. The standard InChI is InChI=1S/C20H23N3O2/c1-21-19(24)13-16-8-4-5-9-18(16)23-20(25)22-17-11-10-14-6-2-3-7-15(14)12-17/h2-9,17H,10-13H2,1H3,(H,21,24)(H2,22,23,25)/t17-/m1/s1. The second-order valence-electron chi connectivity index (χ2n) is 6.31. The average molecular weight is 337 g/mol. The molecule has 0 fully saturated rings. The first kappa shape index (κ1) is 17.0. The molecule has 0 aromatic heterocycles. The van der Waals surface area contributed by atoms with Gasteiger partial charge in [0.1, 0.15) is 0 Å². The largest absolute Gasteiger partial charge is 0.359 e. The second kappa shape index (κ2) is 7.83. The molecular formula is C20H23N3O2. The Kier molecular flexibility index (Phi) is 5.33. The Bertz CT molecular complexity index is 773. The number of hydrogen-bond donors (Lipinski definition) is 3. The molecule has 1 atom stereocenters. The number of aryl methyl sites for hydroxylation is 1. The molecule has 5 nitrogen and oxygen atoms in total. The Labute approximate surface area is 147 Å². The van der Waals surface area contributed by atoms with Crippen LogP contribution in [0.25, 0.3) is 0 Å². The number of benzene rings is 2. The summed E-state index contributed by atoms with van der Waals surface area (Å²) in [4.78, 5) is 24.0. The van der Waals surface area contributed by atoms with Crippen molar-refractivity contribution in [2.45, 2.75) is 31.7 Å². The van der Waals surface area contributed by atoms with E-state index in [1.165, 1.54) is 11.1 Å². The van der Waals surface area contributed by atoms with Gasteiger partial charge in [-0.2, -0.15) is 0 Å². The first-order valence-corrected chi connectivity index (χ1v) is 8.58. The zero-order chi connectivity index (χ0) is 17.6. The average Bonchev–Trinajstić information content (AvgIpc) is 2.63. The summed E-state index contributed by atoms with van der Waals surface area (Å²) in [5.41, 5.74) is 4.14. The van der Waals surface area contributed by atoms with Crippen LogP contribution in [-0.2, 0) is 24.1 Å². The fourth-order valence-electron chi connectivity index (χ4n) is 3.22. The summed E-state index contributed by atoms with van der Waals surface area (Å²) in [6, 6.07) is 15.6. The fourth-order valence-corrected chi connectivity index (χ4v) is 3.22. The normalized spacial score (nSPS) is 15.8. The summed E-state index contributed by atoms with van der Waals surface area (Å²) in [6.07, 6.45) is 3.01. The van der Waals surface area contributed by atoms with Crippen molar-refractivity contribution in [2.24, 2.45) is 0 Å². The van der Waals surface area contributed by atoms with Crippen LogP contribution in [0.15, 0.2) is 48.5 Å². The van der Waals surface area contributed by atoms with Crippen molar-refractivity contribution in [3.63, 3.8) is 0 Å². The highest BCUT2D eigenvalue weighted by Crippen LogP contribution is 2.21. The lowest BCUT2D eigenvalue weighted by molar-refractivity contribution is -0.119. The van der Waals surface area contributed by atoms with Gasteiger partial charge in [-0.1, -0.05) is 42.5 Å². The summed E-state index contributed by atoms with van der Waals surface area (Å²) in [5.74, 6) is -0.0847. The molecule has 25 heavy (non-hydrogen) atoms. The van der Waals surface area contributed by atoms with E-state index in [4.69, 9.17) is 0 Å². The van der Waals surface area contributed by atoms with Crippen LogP contribution >= 0.6 is 0 Å². The van der Waals surface area contributed by atoms with Gasteiger partial charge in [0.2, 0.25) is 5.91 Å². The number of likely N-dealkylation sites (N-methyl/N-ethyl adjacent to an activating group) is 1. The number of fused-ring (bicyclic) bond motifs is 1. The maximum absolute atomic E-state index is 12.4. The summed E-state index contributed by atoms with van der Waals surface area (Å²) in [6.45, 7) is 0. The van der Waals surface area contributed by atoms with E-state index in [0.717, 1.165) is 24.8 Å². The number of nitrogens with one attached hydrogen (secondary N) is 3. The molecule has 2 aromatic rings. The van der Waals surface area contributed by atoms with E-state index in [-0.39, 0.29) is 24.4 Å². The van der Waals surface area contributed by atoms with Crippen molar-refractivity contribution in [1.29, 1.82) is 0 Å². The number of urea groups is 1. The van der Waals surface area contributed by atoms with Crippen LogP contribution in [0.2, 0.25) is 0 Å². The summed E-state index contributed by atoms with van der Waals surface area (Å²) in [5, 5.41) is 8.54. The highest BCUT2D eigenvalue weighted by Gasteiger charge is 2.20. The van der Waals surface area contributed by atoms with E-state index in [0.29, 0.717) is 5.69 Å². The maximum atomic E-state index is 12.4. The van der Waals surface area contributed by atoms with Crippen molar-refractivity contribution >= 4 is 17.6 Å². The van der Waals surface area contributed by atoms with Gasteiger partial charge >= 0.3 is 6.03 Å². The molecule has 0 heterocycles. The molecule has 1 aliphatic carbocycles. The van der Waals surface area contributed by atoms with Crippen molar-refractivity contribution in [1.82, 2.24) is 10.6 Å². The predicted molar refractivity (Wildman–Crippen MR) is 98.6 cm³/mol. The molecule has 3 amide bonds. The third-order valence-electron chi connectivity index (χ3n) is 4.58. The van der Waals surface area contributed by atoms with Gasteiger partial charge in [-0.15, -0.1) is 0 Å². The van der Waals surface area contributed by atoms with Gasteiger partial charge in [0, 0.05) is 18.8 Å². The van der Waals surface area contributed by atoms with Crippen LogP contribution < -0.4 is 16.0 Å². The van der Waals surface area contributed by atoms with E-state index in [1.807, 2.05) is 30.3 Å². The minimum absolute atomic E-state index is 0.0847. The van der Waals surface area contributed by atoms with Crippen LogP contribution in [0.4, 0.5) is 10.5 Å². The van der Waals surface area contributed by atoms with E-state index in [1.54, 1.807) is 7.05 Å². The van der Waals surface area contributed by atoms with Crippen LogP contribution in [0.3, 0.4) is 0 Å². The quantitative estimate of drug-likeness (QED) is 0.803. The number of carbonyl (C=O) groups excluding carboxylic acids is 2. The summed E-state index contributed by atoms with van der Waals surface area (Å²) < 4.78 is 0. The highest BCUT2D eigenvalue weighted by atomic mass is 16.2. The molecule has 1 aliphatic rings. The van der Waals surface area contributed by atoms with Gasteiger partial charge < -0.3 is 16.0 Å². The molecular weight excluding hydrogens is 314 g/mol. The molecule has 130 valence electrons. The molecule has 3 rings (SSSR count). The number of hydrogen-bond acceptors (Lipinski definition) is 2. The zero-order valence-corrected chi connectivity index (χ0v) is 14.3. The molecule has 0 bridgehead atoms. The summed E-state index contributed by atoms with van der Waals surface area (Å²) >= 11 is 0. The minimum atomic E-state index is -0.228. The number of para-hydroxylation sites is 1. The smallest absolute Gasteiger partial charge is 0.319 e. The number of carbonyl (C=O) groups is 2. The van der Waals surface area contributed by atoms with Crippen LogP contribution in [0.1, 0.15) is 23.1 Å². The van der Waals surface area contributed by atoms with E-state index >= 15 is 0 Å². The topological polar surface area (TPSA) is 70.2 Å². The van der Waals surface area contributed by atoms with Crippen LogP contribution in [0, 0.1) is 0 Å². The van der Waals surface area contributed by atoms with Gasteiger partial charge in [0.25, 0.3) is 0 Å². The molecule has 3 N–H and O–H groups in total. The van der Waals surface area contributed by atoms with Crippen molar-refractivity contribution in [2.75, 3.05) is 12.4 Å². The first-order valence-electron chi connectivity index (χ1n) is 8.58. The van der Waals surface area contributed by atoms with Crippen LogP contribution in [-0.4, -0.2) is 25.0 Å². The van der Waals surface area contributed by atoms with Gasteiger partial charge in [0.05, 0.1) is 6.42 Å². The fraction of sp³-hybridized carbons (Fsp3) is 0.300. The molecule has 0 saturated heterocycles. The molecule has 0 saturated carbocycles. The Balaban J connectivity index is 1.61. The first-order chi connectivity index (χ1) is 12.2. The SMILES string of the molecule is CNC(=O)Cc1ccccc1NC(=O)N[C@@H]1CCc2ccccc2C1. The highest BCUT2D eigenvalue weighted by molar-refractivity contribution is 5.91. The second-order valence-corrected chi connectivity index (χ2v) is 6.31. The molecule has 0 radical (unpaired) electrons. The summed E-state index contributed by atoms with van der Waals surface area (Å²) in [7, 11) is 1.60. The van der Waals surface area contributed by atoms with Gasteiger partial charge in [-0.05, 0) is 42.0 Å². The number of amides is 3. The number of rotatable bonds is 4. The lowest BCUT2D eigenvalue weighted by Crippen LogP contribution is -2.41. The van der Waals surface area contributed by atoms with Crippen molar-refractivity contribution in [3.05, 3.63) is 65.2 Å². The van der Waals surface area contributed by atoms with E-state index < -0.39 is 0 Å². The molecule has 0 aliphatic heterocycles. The Hall–Kier alpha value is -2.82. The molecule has 5 heteroatoms. The third kappa shape index (κ3) is 4.38. The Morgan fingerprint density at radius 2 is 1.76 bits per heavy atom. The van der Waals surface area contributed by atoms with Crippen molar-refractivity contribution < 1.29 is 9.59 Å². The monoisotopic (exact) mass is 337 g/mol. The van der Waals surface area contributed by atoms with Crippen LogP contribution in [0.5, 0.6) is 0 Å². The lowest BCUT2D eigenvalue weighted by Gasteiger charge is -2.25. The van der Waals surface area contributed by atoms with Gasteiger partial charge in [-0.3, -0.25) is 4.79 Å². The van der Waals surface area contributed by atoms with E-state index in [2.05, 4.69) is 34.1 Å². The predicted octanol–water partition coefficient (Wildman–Crippen LogP) is 2.65.